The van der Waals surface area contributed by atoms with Crippen LogP contribution in [0.25, 0.3) is 0 Å². The molecule has 7 nitrogen and oxygen atoms in total. The van der Waals surface area contributed by atoms with E-state index in [0.29, 0.717) is 18.0 Å². The summed E-state index contributed by atoms with van der Waals surface area (Å²) < 4.78 is 33.7. The molecule has 37 heavy (non-hydrogen) atoms. The van der Waals surface area contributed by atoms with Crippen LogP contribution in [0.15, 0.2) is 83.8 Å². The zero-order chi connectivity index (χ0) is 26.3. The van der Waals surface area contributed by atoms with Crippen LogP contribution < -0.4 is 19.3 Å². The summed E-state index contributed by atoms with van der Waals surface area (Å²) in [6.45, 7) is 6.09. The predicted octanol–water partition coefficient (Wildman–Crippen LogP) is 5.15. The largest absolute Gasteiger partial charge is 0.494 e. The Bertz CT molecular complexity index is 1260. The third-order valence-electron chi connectivity index (χ3n) is 6.55. The third-order valence-corrected chi connectivity index (χ3v) is 8.33. The zero-order valence-corrected chi connectivity index (χ0v) is 22.3. The molecule has 1 N–H and O–H groups in total. The molecule has 3 aromatic carbocycles. The Balaban J connectivity index is 1.50. The van der Waals surface area contributed by atoms with Crippen LogP contribution in [0.3, 0.4) is 0 Å². The average molecular weight is 522 g/mol. The molecular weight excluding hydrogens is 486 g/mol. The van der Waals surface area contributed by atoms with Gasteiger partial charge in [-0.05, 0) is 87.2 Å². The van der Waals surface area contributed by atoms with Crippen LogP contribution in [-0.4, -0.2) is 40.6 Å². The van der Waals surface area contributed by atoms with E-state index >= 15 is 0 Å². The van der Waals surface area contributed by atoms with Gasteiger partial charge in [-0.3, -0.25) is 9.10 Å². The molecule has 1 fully saturated rings. The maximum atomic E-state index is 13.5. The average Bonchev–Trinajstić information content (AvgIpc) is 2.93. The highest BCUT2D eigenvalue weighted by Gasteiger charge is 2.27. The fourth-order valence-electron chi connectivity index (χ4n) is 4.54. The van der Waals surface area contributed by atoms with Crippen molar-refractivity contribution in [3.8, 4) is 5.75 Å². The zero-order valence-electron chi connectivity index (χ0n) is 21.5. The van der Waals surface area contributed by atoms with Crippen LogP contribution >= 0.6 is 0 Å². The van der Waals surface area contributed by atoms with Crippen LogP contribution in [0.4, 0.5) is 11.4 Å². The maximum Gasteiger partial charge on any atom is 0.264 e. The number of hydrogen-bond donors (Lipinski definition) is 1. The molecule has 3 aromatic rings. The molecule has 0 aliphatic carbocycles. The Labute approximate surface area is 220 Å². The number of rotatable bonds is 10. The van der Waals surface area contributed by atoms with Crippen molar-refractivity contribution < 1.29 is 17.9 Å². The second-order valence-corrected chi connectivity index (χ2v) is 11.0. The summed E-state index contributed by atoms with van der Waals surface area (Å²) in [4.78, 5) is 15.6. The summed E-state index contributed by atoms with van der Waals surface area (Å²) in [5.74, 6) is 0.246. The summed E-state index contributed by atoms with van der Waals surface area (Å²) >= 11 is 0. The van der Waals surface area contributed by atoms with Gasteiger partial charge < -0.3 is 15.0 Å². The number of nitrogens with one attached hydrogen (secondary N) is 1. The summed E-state index contributed by atoms with van der Waals surface area (Å²) in [5, 5.41) is 2.97. The van der Waals surface area contributed by atoms with Gasteiger partial charge in [0.25, 0.3) is 10.0 Å². The topological polar surface area (TPSA) is 79.0 Å². The van der Waals surface area contributed by atoms with Gasteiger partial charge in [0.1, 0.15) is 12.3 Å². The number of hydrogen-bond acceptors (Lipinski definition) is 5. The molecule has 8 heteroatoms. The van der Waals surface area contributed by atoms with Gasteiger partial charge in [-0.25, -0.2) is 8.42 Å². The minimum Gasteiger partial charge on any atom is -0.494 e. The van der Waals surface area contributed by atoms with Crippen molar-refractivity contribution >= 4 is 27.3 Å². The van der Waals surface area contributed by atoms with Crippen molar-refractivity contribution in [2.45, 2.75) is 44.0 Å². The van der Waals surface area contributed by atoms with Gasteiger partial charge in [0.2, 0.25) is 5.91 Å². The number of nitrogens with zero attached hydrogens (tertiary/aromatic N) is 2. The molecule has 1 aliphatic heterocycles. The molecule has 0 saturated carbocycles. The normalized spacial score (nSPS) is 14.6. The number of sulfonamides is 1. The van der Waals surface area contributed by atoms with Crippen LogP contribution in [0.1, 0.15) is 44.7 Å². The number of amides is 1. The molecule has 0 aromatic heterocycles. The van der Waals surface area contributed by atoms with E-state index in [0.717, 1.165) is 23.0 Å². The molecule has 0 spiro atoms. The molecule has 1 heterocycles. The first-order chi connectivity index (χ1) is 17.9. The maximum absolute atomic E-state index is 13.5. The lowest BCUT2D eigenvalue weighted by Crippen LogP contribution is -2.41. The summed E-state index contributed by atoms with van der Waals surface area (Å²) in [6, 6.07) is 22.8. The fourth-order valence-corrected chi connectivity index (χ4v) is 5.98. The Morgan fingerprint density at radius 1 is 0.946 bits per heavy atom. The van der Waals surface area contributed by atoms with Crippen LogP contribution in [0.5, 0.6) is 5.75 Å². The molecule has 1 atom stereocenters. The first-order valence-corrected chi connectivity index (χ1v) is 14.3. The first-order valence-electron chi connectivity index (χ1n) is 12.8. The van der Waals surface area contributed by atoms with Crippen LogP contribution in [-0.2, 0) is 14.8 Å². The van der Waals surface area contributed by atoms with E-state index in [1.54, 1.807) is 42.5 Å². The van der Waals surface area contributed by atoms with Crippen molar-refractivity contribution in [2.24, 2.45) is 0 Å². The second kappa shape index (κ2) is 12.1. The van der Waals surface area contributed by atoms with Gasteiger partial charge in [-0.15, -0.1) is 0 Å². The lowest BCUT2D eigenvalue weighted by atomic mass is 10.1. The standard InChI is InChI=1S/C29H35N3O4S/c1-3-36-27-18-16-26(17-19-27)32(37(34,35)28-10-6-4-7-11-28)22-29(33)30-23(2)24-12-14-25(15-13-24)31-20-8-5-9-21-31/h4,6-7,10-19,23H,3,5,8-9,20-22H2,1-2H3,(H,30,33). The number of carbonyl (C=O) groups excluding carboxylic acids is 1. The lowest BCUT2D eigenvalue weighted by Gasteiger charge is -2.29. The van der Waals surface area contributed by atoms with Crippen molar-refractivity contribution in [3.63, 3.8) is 0 Å². The monoisotopic (exact) mass is 521 g/mol. The number of ether oxygens (including phenoxy) is 1. The molecule has 1 amide bonds. The van der Waals surface area contributed by atoms with E-state index in [1.165, 1.54) is 37.1 Å². The molecule has 4 rings (SSSR count). The van der Waals surface area contributed by atoms with E-state index in [4.69, 9.17) is 4.74 Å². The van der Waals surface area contributed by atoms with Crippen LogP contribution in [0.2, 0.25) is 0 Å². The van der Waals surface area contributed by atoms with Gasteiger partial charge in [0, 0.05) is 18.8 Å². The molecule has 0 bridgehead atoms. The van der Waals surface area contributed by atoms with Crippen molar-refractivity contribution in [3.05, 3.63) is 84.4 Å². The Hall–Kier alpha value is -3.52. The minimum absolute atomic E-state index is 0.123. The Morgan fingerprint density at radius 2 is 1.59 bits per heavy atom. The summed E-state index contributed by atoms with van der Waals surface area (Å²) in [7, 11) is -3.97. The number of piperidine rings is 1. The molecule has 0 radical (unpaired) electrons. The predicted molar refractivity (Wildman–Crippen MR) is 148 cm³/mol. The van der Waals surface area contributed by atoms with Gasteiger partial charge in [0.15, 0.2) is 0 Å². The van der Waals surface area contributed by atoms with Gasteiger partial charge in [0.05, 0.1) is 23.2 Å². The molecule has 1 saturated heterocycles. The smallest absolute Gasteiger partial charge is 0.264 e. The highest BCUT2D eigenvalue weighted by atomic mass is 32.2. The fraction of sp³-hybridized carbons (Fsp3) is 0.345. The van der Waals surface area contributed by atoms with E-state index in [9.17, 15) is 13.2 Å². The second-order valence-electron chi connectivity index (χ2n) is 9.18. The van der Waals surface area contributed by atoms with Gasteiger partial charge >= 0.3 is 0 Å². The highest BCUT2D eigenvalue weighted by Crippen LogP contribution is 2.26. The van der Waals surface area contributed by atoms with Crippen molar-refractivity contribution in [2.75, 3.05) is 35.4 Å². The number of benzene rings is 3. The van der Waals surface area contributed by atoms with Gasteiger partial charge in [-0.2, -0.15) is 0 Å². The Kier molecular flexibility index (Phi) is 8.71. The highest BCUT2D eigenvalue weighted by molar-refractivity contribution is 7.92. The SMILES string of the molecule is CCOc1ccc(N(CC(=O)NC(C)c2ccc(N3CCCCC3)cc2)S(=O)(=O)c2ccccc2)cc1. The van der Waals surface area contributed by atoms with E-state index < -0.39 is 10.0 Å². The van der Waals surface area contributed by atoms with E-state index in [-0.39, 0.29) is 23.4 Å². The lowest BCUT2D eigenvalue weighted by molar-refractivity contribution is -0.120. The molecule has 1 unspecified atom stereocenters. The number of anilines is 2. The van der Waals surface area contributed by atoms with Crippen molar-refractivity contribution in [1.82, 2.24) is 5.32 Å². The molecule has 196 valence electrons. The first kappa shape index (κ1) is 26.5. The van der Waals surface area contributed by atoms with Crippen LogP contribution in [0, 0.1) is 0 Å². The van der Waals surface area contributed by atoms with Gasteiger partial charge in [-0.1, -0.05) is 30.3 Å². The van der Waals surface area contributed by atoms with E-state index in [1.807, 2.05) is 26.0 Å². The third kappa shape index (κ3) is 6.63. The molecular formula is C29H35N3O4S. The van der Waals surface area contributed by atoms with E-state index in [2.05, 4.69) is 22.3 Å². The van der Waals surface area contributed by atoms with Crippen molar-refractivity contribution in [1.29, 1.82) is 0 Å². The molecule has 1 aliphatic rings. The minimum atomic E-state index is -3.97. The Morgan fingerprint density at radius 3 is 2.22 bits per heavy atom. The summed E-state index contributed by atoms with van der Waals surface area (Å²) in [6.07, 6.45) is 3.71. The summed E-state index contributed by atoms with van der Waals surface area (Å²) in [5.41, 5.74) is 2.55. The quantitative estimate of drug-likeness (QED) is 0.399. The number of carbonyl (C=O) groups is 1.